The van der Waals surface area contributed by atoms with Crippen molar-refractivity contribution in [2.75, 3.05) is 26.2 Å². The number of hydrogen-bond donors (Lipinski definition) is 1. The van der Waals surface area contributed by atoms with Crippen LogP contribution in [0.1, 0.15) is 37.3 Å². The molecule has 1 fully saturated rings. The fourth-order valence-corrected chi connectivity index (χ4v) is 3.37. The van der Waals surface area contributed by atoms with E-state index in [9.17, 15) is 0 Å². The fourth-order valence-electron chi connectivity index (χ4n) is 3.37. The van der Waals surface area contributed by atoms with Crippen molar-refractivity contribution in [2.24, 2.45) is 4.99 Å². The van der Waals surface area contributed by atoms with Gasteiger partial charge in [0, 0.05) is 38.9 Å². The standard InChI is InChI=1S/C22H31N5.HI/c1-3-23-22(24-12-7-13-27-18-19(2)17-25-27)26-14-10-21(11-15-26)16-20-8-5-4-6-9-20;/h4-6,8-9,16-18H,3,7,10-15H2,1-2H3,(H,23,24);1H. The molecular formula is C22H32IN5. The third-order valence-corrected chi connectivity index (χ3v) is 4.78. The van der Waals surface area contributed by atoms with Gasteiger partial charge in [-0.1, -0.05) is 42.0 Å². The van der Waals surface area contributed by atoms with Crippen molar-refractivity contribution >= 4 is 36.0 Å². The number of piperidine rings is 1. The highest BCUT2D eigenvalue weighted by Gasteiger charge is 2.17. The molecule has 0 atom stereocenters. The predicted molar refractivity (Wildman–Crippen MR) is 128 cm³/mol. The number of hydrogen-bond acceptors (Lipinski definition) is 2. The maximum Gasteiger partial charge on any atom is 0.193 e. The molecule has 0 saturated carbocycles. The van der Waals surface area contributed by atoms with Crippen molar-refractivity contribution in [2.45, 2.75) is 39.7 Å². The molecule has 0 spiro atoms. The fraction of sp³-hybridized carbons (Fsp3) is 0.455. The van der Waals surface area contributed by atoms with Gasteiger partial charge in [-0.3, -0.25) is 9.67 Å². The van der Waals surface area contributed by atoms with E-state index in [0.29, 0.717) is 0 Å². The second-order valence-electron chi connectivity index (χ2n) is 7.07. The molecule has 1 aromatic heterocycles. The molecule has 1 aliphatic rings. The van der Waals surface area contributed by atoms with Crippen LogP contribution in [-0.4, -0.2) is 46.8 Å². The number of likely N-dealkylation sites (tertiary alicyclic amines) is 1. The summed E-state index contributed by atoms with van der Waals surface area (Å²) in [7, 11) is 0. The molecule has 1 aliphatic heterocycles. The molecule has 28 heavy (non-hydrogen) atoms. The second-order valence-corrected chi connectivity index (χ2v) is 7.07. The minimum atomic E-state index is 0. The van der Waals surface area contributed by atoms with Gasteiger partial charge in [-0.2, -0.15) is 5.10 Å². The number of halogens is 1. The number of nitrogens with zero attached hydrogens (tertiary/aromatic N) is 4. The Kier molecular flexibility index (Phi) is 9.54. The molecule has 1 saturated heterocycles. The first kappa shape index (κ1) is 22.5. The molecule has 1 aromatic carbocycles. The van der Waals surface area contributed by atoms with Crippen molar-refractivity contribution in [1.29, 1.82) is 0 Å². The number of benzene rings is 1. The molecule has 0 radical (unpaired) electrons. The SMILES string of the molecule is CCNC(=NCCCn1cc(C)cn1)N1CCC(=Cc2ccccc2)CC1.I. The van der Waals surface area contributed by atoms with Crippen LogP contribution in [0, 0.1) is 6.92 Å². The largest absolute Gasteiger partial charge is 0.357 e. The molecule has 0 amide bonds. The first-order valence-electron chi connectivity index (χ1n) is 10.0. The monoisotopic (exact) mass is 493 g/mol. The topological polar surface area (TPSA) is 45.5 Å². The van der Waals surface area contributed by atoms with E-state index in [0.717, 1.165) is 57.9 Å². The highest BCUT2D eigenvalue weighted by molar-refractivity contribution is 14.0. The Bertz CT molecular complexity index is 756. The summed E-state index contributed by atoms with van der Waals surface area (Å²) < 4.78 is 2.00. The van der Waals surface area contributed by atoms with E-state index in [2.05, 4.69) is 71.8 Å². The normalized spacial score (nSPS) is 14.6. The molecule has 0 bridgehead atoms. The smallest absolute Gasteiger partial charge is 0.193 e. The lowest BCUT2D eigenvalue weighted by Gasteiger charge is -2.31. The van der Waals surface area contributed by atoms with Gasteiger partial charge in [-0.15, -0.1) is 24.0 Å². The third kappa shape index (κ3) is 6.96. The molecule has 152 valence electrons. The summed E-state index contributed by atoms with van der Waals surface area (Å²) in [6, 6.07) is 10.6. The molecule has 3 rings (SSSR count). The summed E-state index contributed by atoms with van der Waals surface area (Å²) in [6.07, 6.45) is 9.54. The zero-order valence-corrected chi connectivity index (χ0v) is 19.3. The molecule has 5 nitrogen and oxygen atoms in total. The summed E-state index contributed by atoms with van der Waals surface area (Å²) in [5.74, 6) is 1.05. The Morgan fingerprint density at radius 3 is 2.61 bits per heavy atom. The van der Waals surface area contributed by atoms with E-state index >= 15 is 0 Å². The first-order valence-corrected chi connectivity index (χ1v) is 10.0. The Morgan fingerprint density at radius 2 is 1.96 bits per heavy atom. The van der Waals surface area contributed by atoms with Crippen LogP contribution >= 0.6 is 24.0 Å². The second kappa shape index (κ2) is 11.9. The van der Waals surface area contributed by atoms with E-state index in [1.54, 1.807) is 0 Å². The first-order chi connectivity index (χ1) is 13.2. The highest BCUT2D eigenvalue weighted by Crippen LogP contribution is 2.19. The van der Waals surface area contributed by atoms with Gasteiger partial charge in [-0.05, 0) is 44.2 Å². The van der Waals surface area contributed by atoms with Crippen LogP contribution in [0.25, 0.3) is 6.08 Å². The molecule has 2 aromatic rings. The van der Waals surface area contributed by atoms with Crippen molar-refractivity contribution in [3.8, 4) is 0 Å². The van der Waals surface area contributed by atoms with Gasteiger partial charge in [0.15, 0.2) is 5.96 Å². The third-order valence-electron chi connectivity index (χ3n) is 4.78. The molecule has 2 heterocycles. The van der Waals surface area contributed by atoms with Crippen LogP contribution in [0.5, 0.6) is 0 Å². The van der Waals surface area contributed by atoms with Gasteiger partial charge < -0.3 is 10.2 Å². The Labute approximate surface area is 185 Å². The number of aromatic nitrogens is 2. The lowest BCUT2D eigenvalue weighted by molar-refractivity contribution is 0.375. The minimum Gasteiger partial charge on any atom is -0.357 e. The van der Waals surface area contributed by atoms with Crippen LogP contribution in [0.2, 0.25) is 0 Å². The lowest BCUT2D eigenvalue weighted by Crippen LogP contribution is -2.44. The summed E-state index contributed by atoms with van der Waals surface area (Å²) in [6.45, 7) is 8.91. The quantitative estimate of drug-likeness (QED) is 0.282. The molecule has 6 heteroatoms. The van der Waals surface area contributed by atoms with Gasteiger partial charge in [0.1, 0.15) is 0 Å². The van der Waals surface area contributed by atoms with Gasteiger partial charge >= 0.3 is 0 Å². The number of aryl methyl sites for hydroxylation is 2. The molecule has 0 unspecified atom stereocenters. The van der Waals surface area contributed by atoms with E-state index in [1.165, 1.54) is 16.7 Å². The van der Waals surface area contributed by atoms with Gasteiger partial charge in [-0.25, -0.2) is 0 Å². The maximum atomic E-state index is 4.84. The van der Waals surface area contributed by atoms with Gasteiger partial charge in [0.25, 0.3) is 0 Å². The average molecular weight is 493 g/mol. The van der Waals surface area contributed by atoms with E-state index < -0.39 is 0 Å². The number of aliphatic imine (C=N–C) groups is 1. The molecule has 1 N–H and O–H groups in total. The van der Waals surface area contributed by atoms with Crippen molar-refractivity contribution in [3.05, 3.63) is 59.4 Å². The van der Waals surface area contributed by atoms with Crippen molar-refractivity contribution in [1.82, 2.24) is 20.0 Å². The van der Waals surface area contributed by atoms with Gasteiger partial charge in [0.2, 0.25) is 0 Å². The van der Waals surface area contributed by atoms with Crippen LogP contribution < -0.4 is 5.32 Å². The number of rotatable bonds is 6. The summed E-state index contributed by atoms with van der Waals surface area (Å²) in [4.78, 5) is 7.23. The Balaban J connectivity index is 0.00000280. The van der Waals surface area contributed by atoms with Crippen LogP contribution in [0.4, 0.5) is 0 Å². The highest BCUT2D eigenvalue weighted by atomic mass is 127. The number of guanidine groups is 1. The van der Waals surface area contributed by atoms with Crippen LogP contribution in [0.3, 0.4) is 0 Å². The maximum absolute atomic E-state index is 4.84. The van der Waals surface area contributed by atoms with Gasteiger partial charge in [0.05, 0.1) is 6.20 Å². The van der Waals surface area contributed by atoms with Crippen molar-refractivity contribution in [3.63, 3.8) is 0 Å². The Morgan fingerprint density at radius 1 is 1.21 bits per heavy atom. The van der Waals surface area contributed by atoms with Crippen molar-refractivity contribution < 1.29 is 0 Å². The van der Waals surface area contributed by atoms with E-state index in [-0.39, 0.29) is 24.0 Å². The average Bonchev–Trinajstić information content (AvgIpc) is 3.11. The zero-order chi connectivity index (χ0) is 18.9. The summed E-state index contributed by atoms with van der Waals surface area (Å²) in [5, 5.41) is 7.79. The minimum absolute atomic E-state index is 0. The van der Waals surface area contributed by atoms with Crippen LogP contribution in [0.15, 0.2) is 53.3 Å². The van der Waals surface area contributed by atoms with E-state index in [4.69, 9.17) is 4.99 Å². The Hall–Kier alpha value is -1.83. The predicted octanol–water partition coefficient (Wildman–Crippen LogP) is 4.34. The van der Waals surface area contributed by atoms with Crippen LogP contribution in [-0.2, 0) is 6.54 Å². The molecule has 0 aliphatic carbocycles. The zero-order valence-electron chi connectivity index (χ0n) is 17.0. The van der Waals surface area contributed by atoms with E-state index in [1.807, 2.05) is 10.9 Å². The lowest BCUT2D eigenvalue weighted by atomic mass is 10.0. The summed E-state index contributed by atoms with van der Waals surface area (Å²) in [5.41, 5.74) is 4.04. The number of nitrogens with one attached hydrogen (secondary N) is 1. The summed E-state index contributed by atoms with van der Waals surface area (Å²) >= 11 is 0. The molecular weight excluding hydrogens is 461 g/mol.